The molecule has 0 aliphatic carbocycles. The van der Waals surface area contributed by atoms with Gasteiger partial charge in [0.05, 0.1) is 38.8 Å². The van der Waals surface area contributed by atoms with E-state index in [1.165, 1.54) is 0 Å². The number of aldehydes is 2. The van der Waals surface area contributed by atoms with Crippen LogP contribution in [0, 0.1) is 0 Å². The molecular formula is C36H62N8O10. The largest absolute Gasteiger partial charge is 0.480 e. The van der Waals surface area contributed by atoms with Crippen molar-refractivity contribution < 1.29 is 48.9 Å². The number of carboxylic acid groups (broad SMARTS) is 3. The number of carbonyl (C=O) groups is 7. The standard InChI is InChI=1S/C16H28N4O7.C10H21N3O2.C10H13NO/c21-10-9-17-1-3-18(11-14(22)23)5-7-20(13-16(26)27)8-6-19(4-2-17)12-15(24)25;1-11-6-4-3-5-9(12-2)10(15)13-7-8-14;1-3-10(12)8-4-6-9(11-2)7-5-8/h10H,1-9,11-13H2,(H,22,23)(H,24,25)(H,26,27);8-9,11-12H,3-7H2,1-2H3,(H,13,15);4-7,11H,3H2,1-2H3. The summed E-state index contributed by atoms with van der Waals surface area (Å²) in [6.07, 6.45) is 4.85. The normalized spacial score (nSPS) is 15.3. The van der Waals surface area contributed by atoms with Gasteiger partial charge in [0, 0.05) is 77.1 Å². The van der Waals surface area contributed by atoms with E-state index >= 15 is 0 Å². The minimum absolute atomic E-state index is 0.0908. The van der Waals surface area contributed by atoms with Gasteiger partial charge in [-0.2, -0.15) is 0 Å². The van der Waals surface area contributed by atoms with Gasteiger partial charge >= 0.3 is 17.9 Å². The highest BCUT2D eigenvalue weighted by Crippen LogP contribution is 2.10. The molecule has 0 spiro atoms. The van der Waals surface area contributed by atoms with Gasteiger partial charge in [0.2, 0.25) is 5.91 Å². The number of nitrogens with one attached hydrogen (secondary N) is 4. The molecular weight excluding hydrogens is 704 g/mol. The van der Waals surface area contributed by atoms with Crippen LogP contribution in [0.5, 0.6) is 0 Å². The lowest BCUT2D eigenvalue weighted by atomic mass is 10.1. The number of carbonyl (C=O) groups excluding carboxylic acids is 4. The summed E-state index contributed by atoms with van der Waals surface area (Å²) in [6, 6.07) is 7.31. The van der Waals surface area contributed by atoms with E-state index in [2.05, 4.69) is 21.3 Å². The SMILES string of the molecule is CCC(=O)c1ccc(NC)cc1.CNCCCCC(NC)C(=O)NCC=O.O=CCN1CCN(CC(=O)O)CCN(CC(=O)O)CCN(CC(=O)O)CC1. The summed E-state index contributed by atoms with van der Waals surface area (Å²) >= 11 is 0. The second-order valence-corrected chi connectivity index (χ2v) is 12.4. The Labute approximate surface area is 318 Å². The molecule has 18 nitrogen and oxygen atoms in total. The van der Waals surface area contributed by atoms with E-state index in [4.69, 9.17) is 15.3 Å². The fourth-order valence-electron chi connectivity index (χ4n) is 5.26. The van der Waals surface area contributed by atoms with Gasteiger partial charge in [0.1, 0.15) is 12.6 Å². The van der Waals surface area contributed by atoms with Gasteiger partial charge in [-0.1, -0.05) is 13.3 Å². The predicted molar refractivity (Wildman–Crippen MR) is 205 cm³/mol. The molecule has 54 heavy (non-hydrogen) atoms. The maximum Gasteiger partial charge on any atom is 0.317 e. The van der Waals surface area contributed by atoms with E-state index in [0.717, 1.165) is 43.3 Å². The number of ketones is 1. The Balaban J connectivity index is 0.000000872. The molecule has 1 saturated heterocycles. The van der Waals surface area contributed by atoms with E-state index in [-0.39, 0.29) is 50.5 Å². The quantitative estimate of drug-likeness (QED) is 0.0491. The number of rotatable bonds is 20. The van der Waals surface area contributed by atoms with Gasteiger partial charge in [0.15, 0.2) is 5.78 Å². The second-order valence-electron chi connectivity index (χ2n) is 12.4. The lowest BCUT2D eigenvalue weighted by Gasteiger charge is -2.32. The van der Waals surface area contributed by atoms with Crippen molar-refractivity contribution in [1.29, 1.82) is 0 Å². The summed E-state index contributed by atoms with van der Waals surface area (Å²) in [7, 11) is 5.52. The number of Topliss-reactive ketones (excluding diaryl/α,β-unsaturated/α-hetero) is 1. The van der Waals surface area contributed by atoms with Crippen molar-refractivity contribution >= 4 is 47.9 Å². The molecule has 1 unspecified atom stereocenters. The summed E-state index contributed by atoms with van der Waals surface area (Å²) in [5.41, 5.74) is 1.82. The third-order valence-electron chi connectivity index (χ3n) is 8.35. The molecule has 18 heteroatoms. The molecule has 306 valence electrons. The summed E-state index contributed by atoms with van der Waals surface area (Å²) in [6.45, 7) is 5.79. The number of hydrogen-bond donors (Lipinski definition) is 7. The molecule has 1 aromatic rings. The zero-order chi connectivity index (χ0) is 40.7. The second kappa shape index (κ2) is 31.1. The Morgan fingerprint density at radius 1 is 0.704 bits per heavy atom. The van der Waals surface area contributed by atoms with Crippen LogP contribution >= 0.6 is 0 Å². The predicted octanol–water partition coefficient (Wildman–Crippen LogP) is -0.739. The first-order valence-corrected chi connectivity index (χ1v) is 18.2. The van der Waals surface area contributed by atoms with Crippen molar-refractivity contribution in [3.8, 4) is 0 Å². The van der Waals surface area contributed by atoms with Crippen molar-refractivity contribution in [2.45, 2.75) is 38.6 Å². The summed E-state index contributed by atoms with van der Waals surface area (Å²) < 4.78 is 0. The van der Waals surface area contributed by atoms with Crippen LogP contribution in [0.3, 0.4) is 0 Å². The van der Waals surface area contributed by atoms with Crippen molar-refractivity contribution in [2.75, 3.05) is 118 Å². The minimum atomic E-state index is -0.992. The minimum Gasteiger partial charge on any atom is -0.480 e. The molecule has 1 aromatic carbocycles. The van der Waals surface area contributed by atoms with Crippen LogP contribution < -0.4 is 21.3 Å². The van der Waals surface area contributed by atoms with Gasteiger partial charge < -0.3 is 46.2 Å². The monoisotopic (exact) mass is 766 g/mol. The van der Waals surface area contributed by atoms with Crippen molar-refractivity contribution in [1.82, 2.24) is 35.6 Å². The first-order chi connectivity index (χ1) is 25.8. The summed E-state index contributed by atoms with van der Waals surface area (Å²) in [5.74, 6) is -2.84. The van der Waals surface area contributed by atoms with Crippen molar-refractivity contribution in [3.05, 3.63) is 29.8 Å². The number of likely N-dealkylation sites (N-methyl/N-ethyl adjacent to an activating group) is 1. The molecule has 1 heterocycles. The number of amides is 1. The van der Waals surface area contributed by atoms with E-state index in [1.54, 1.807) is 21.7 Å². The van der Waals surface area contributed by atoms with E-state index in [9.17, 15) is 33.6 Å². The number of aliphatic carboxylic acids is 3. The third-order valence-corrected chi connectivity index (χ3v) is 8.35. The fourth-order valence-corrected chi connectivity index (χ4v) is 5.26. The molecule has 1 aliphatic rings. The van der Waals surface area contributed by atoms with E-state index in [0.29, 0.717) is 65.1 Å². The Morgan fingerprint density at radius 2 is 1.17 bits per heavy atom. The van der Waals surface area contributed by atoms with Crippen LogP contribution in [-0.4, -0.2) is 196 Å². The third kappa shape index (κ3) is 24.8. The number of hydrogen-bond acceptors (Lipinski definition) is 14. The van der Waals surface area contributed by atoms with Crippen LogP contribution in [-0.2, 0) is 28.8 Å². The smallest absolute Gasteiger partial charge is 0.317 e. The Bertz CT molecular complexity index is 1220. The molecule has 2 rings (SSSR count). The molecule has 1 amide bonds. The Hall–Kier alpha value is -4.33. The maximum absolute atomic E-state index is 11.4. The number of nitrogens with zero attached hydrogens (tertiary/aromatic N) is 4. The van der Waals surface area contributed by atoms with Crippen LogP contribution in [0.15, 0.2) is 24.3 Å². The summed E-state index contributed by atoms with van der Waals surface area (Å²) in [5, 5.41) is 38.8. The molecule has 0 bridgehead atoms. The summed E-state index contributed by atoms with van der Waals surface area (Å²) in [4.78, 5) is 83.8. The van der Waals surface area contributed by atoms with E-state index < -0.39 is 17.9 Å². The molecule has 1 fully saturated rings. The van der Waals surface area contributed by atoms with Crippen LogP contribution in [0.2, 0.25) is 0 Å². The van der Waals surface area contributed by atoms with Crippen LogP contribution in [0.25, 0.3) is 0 Å². The number of carboxylic acids is 3. The first kappa shape index (κ1) is 49.7. The molecule has 1 aliphatic heterocycles. The lowest BCUT2D eigenvalue weighted by Crippen LogP contribution is -2.48. The van der Waals surface area contributed by atoms with Crippen molar-refractivity contribution in [3.63, 3.8) is 0 Å². The Kier molecular flexibility index (Phi) is 28.6. The van der Waals surface area contributed by atoms with Crippen molar-refractivity contribution in [2.24, 2.45) is 0 Å². The molecule has 0 saturated carbocycles. The molecule has 0 radical (unpaired) electrons. The zero-order valence-electron chi connectivity index (χ0n) is 32.3. The highest BCUT2D eigenvalue weighted by molar-refractivity contribution is 5.96. The van der Waals surface area contributed by atoms with E-state index in [1.807, 2.05) is 50.2 Å². The Morgan fingerprint density at radius 3 is 1.52 bits per heavy atom. The van der Waals surface area contributed by atoms with Gasteiger partial charge in [0.25, 0.3) is 0 Å². The van der Waals surface area contributed by atoms with Gasteiger partial charge in [-0.25, -0.2) is 0 Å². The van der Waals surface area contributed by atoms with Crippen LogP contribution in [0.1, 0.15) is 43.0 Å². The molecule has 7 N–H and O–H groups in total. The first-order valence-electron chi connectivity index (χ1n) is 18.2. The van der Waals surface area contributed by atoms with Gasteiger partial charge in [-0.05, 0) is 57.7 Å². The van der Waals surface area contributed by atoms with Gasteiger partial charge in [-0.15, -0.1) is 0 Å². The highest BCUT2D eigenvalue weighted by atomic mass is 16.4. The number of anilines is 1. The molecule has 1 atom stereocenters. The zero-order valence-corrected chi connectivity index (χ0v) is 32.3. The average Bonchev–Trinajstić information content (AvgIpc) is 3.14. The van der Waals surface area contributed by atoms with Crippen LogP contribution in [0.4, 0.5) is 5.69 Å². The number of unbranched alkanes of at least 4 members (excludes halogenated alkanes) is 1. The van der Waals surface area contributed by atoms with Gasteiger partial charge in [-0.3, -0.25) is 43.6 Å². The fraction of sp³-hybridized carbons (Fsp3) is 0.639. The molecule has 0 aromatic heterocycles. The highest BCUT2D eigenvalue weighted by Gasteiger charge is 2.20. The number of benzene rings is 1. The maximum atomic E-state index is 11.4. The topological polar surface area (TPSA) is 241 Å². The average molecular weight is 767 g/mol. The lowest BCUT2D eigenvalue weighted by molar-refractivity contribution is -0.140.